The number of amides is 2. The van der Waals surface area contributed by atoms with Gasteiger partial charge < -0.3 is 19.7 Å². The predicted molar refractivity (Wildman–Crippen MR) is 90.5 cm³/mol. The van der Waals surface area contributed by atoms with Crippen molar-refractivity contribution in [3.63, 3.8) is 0 Å². The fourth-order valence-electron chi connectivity index (χ4n) is 3.44. The first kappa shape index (κ1) is 15.8. The van der Waals surface area contributed by atoms with E-state index in [1.807, 2.05) is 24.3 Å². The molecule has 2 saturated heterocycles. The van der Waals surface area contributed by atoms with Gasteiger partial charge in [-0.25, -0.2) is 4.98 Å². The van der Waals surface area contributed by atoms with Crippen LogP contribution in [-0.4, -0.2) is 60.7 Å². The molecule has 130 valence electrons. The number of fused-ring (bicyclic) bond motifs is 1. The van der Waals surface area contributed by atoms with Crippen molar-refractivity contribution in [2.24, 2.45) is 0 Å². The molecule has 25 heavy (non-hydrogen) atoms. The molecular weight excluding hydrogens is 322 g/mol. The Morgan fingerprint density at radius 1 is 1.40 bits per heavy atom. The number of hydrogen-bond acceptors (Lipinski definition) is 5. The van der Waals surface area contributed by atoms with E-state index in [9.17, 15) is 9.59 Å². The van der Waals surface area contributed by atoms with Crippen LogP contribution in [0.1, 0.15) is 16.9 Å². The average Bonchev–Trinajstić information content (AvgIpc) is 3.06. The van der Waals surface area contributed by atoms with Gasteiger partial charge in [0.05, 0.1) is 19.2 Å². The van der Waals surface area contributed by atoms with E-state index in [4.69, 9.17) is 9.47 Å². The summed E-state index contributed by atoms with van der Waals surface area (Å²) in [5, 5.41) is 3.69. The Labute approximate surface area is 144 Å². The second-order valence-electron chi connectivity index (χ2n) is 6.45. The number of carbonyl (C=O) groups excluding carboxylic acids is 2. The van der Waals surface area contributed by atoms with Crippen LogP contribution in [0.15, 0.2) is 30.3 Å². The summed E-state index contributed by atoms with van der Waals surface area (Å²) >= 11 is 0. The molecule has 2 aliphatic heterocycles. The molecule has 0 aliphatic carbocycles. The third-order valence-corrected chi connectivity index (χ3v) is 4.84. The quantitative estimate of drug-likeness (QED) is 0.880. The monoisotopic (exact) mass is 341 g/mol. The lowest BCUT2D eigenvalue weighted by Crippen LogP contribution is -2.54. The van der Waals surface area contributed by atoms with Crippen LogP contribution in [0.3, 0.4) is 0 Å². The number of hydrogen-bond donors (Lipinski definition) is 1. The maximum absolute atomic E-state index is 12.9. The van der Waals surface area contributed by atoms with Crippen LogP contribution in [0.25, 0.3) is 10.9 Å². The Kier molecular flexibility index (Phi) is 3.80. The molecular formula is C18H19N3O4. The Hall–Kier alpha value is -2.67. The highest BCUT2D eigenvalue weighted by molar-refractivity contribution is 5.97. The summed E-state index contributed by atoms with van der Waals surface area (Å²) in [6, 6.07) is 9.25. The van der Waals surface area contributed by atoms with Gasteiger partial charge in [0.15, 0.2) is 0 Å². The van der Waals surface area contributed by atoms with E-state index in [2.05, 4.69) is 10.3 Å². The zero-order valence-electron chi connectivity index (χ0n) is 13.9. The summed E-state index contributed by atoms with van der Waals surface area (Å²) in [4.78, 5) is 30.4. The van der Waals surface area contributed by atoms with Gasteiger partial charge in [0.25, 0.3) is 5.91 Å². The number of benzene rings is 1. The van der Waals surface area contributed by atoms with E-state index in [0.29, 0.717) is 37.5 Å². The van der Waals surface area contributed by atoms with Gasteiger partial charge in [-0.2, -0.15) is 0 Å². The highest BCUT2D eigenvalue weighted by Crippen LogP contribution is 2.30. The number of methoxy groups -OCH3 is 1. The standard InChI is InChI=1S/C18H19N3O4/c1-24-15-8-14(20-13-5-3-2-4-12(13)15)17(23)21-7-6-18(11-21)10-19-16(22)9-25-18/h2-5,8H,6-7,9-11H2,1H3,(H,19,22). The number of aromatic nitrogens is 1. The SMILES string of the molecule is COc1cc(C(=O)N2CCC3(CNC(=O)CO3)C2)nc2ccccc12. The number of ether oxygens (including phenoxy) is 2. The summed E-state index contributed by atoms with van der Waals surface area (Å²) in [5.41, 5.74) is 0.595. The van der Waals surface area contributed by atoms with Crippen LogP contribution < -0.4 is 10.1 Å². The molecule has 0 bridgehead atoms. The van der Waals surface area contributed by atoms with Crippen LogP contribution in [0.4, 0.5) is 0 Å². The molecule has 1 spiro atoms. The van der Waals surface area contributed by atoms with Crippen molar-refractivity contribution in [2.45, 2.75) is 12.0 Å². The number of nitrogens with one attached hydrogen (secondary N) is 1. The summed E-state index contributed by atoms with van der Waals surface area (Å²) in [6.45, 7) is 1.50. The predicted octanol–water partition coefficient (Wildman–Crippen LogP) is 0.974. The number of nitrogens with zero attached hydrogens (tertiary/aromatic N) is 2. The summed E-state index contributed by atoms with van der Waals surface area (Å²) < 4.78 is 11.1. The minimum atomic E-state index is -0.482. The summed E-state index contributed by atoms with van der Waals surface area (Å²) in [7, 11) is 1.58. The number of pyridine rings is 1. The fraction of sp³-hybridized carbons (Fsp3) is 0.389. The first-order valence-electron chi connectivity index (χ1n) is 8.24. The van der Waals surface area contributed by atoms with E-state index in [0.717, 1.165) is 10.9 Å². The van der Waals surface area contributed by atoms with Crippen molar-refractivity contribution in [1.82, 2.24) is 15.2 Å². The second-order valence-corrected chi connectivity index (χ2v) is 6.45. The highest BCUT2D eigenvalue weighted by Gasteiger charge is 2.44. The van der Waals surface area contributed by atoms with Crippen molar-refractivity contribution in [2.75, 3.05) is 33.4 Å². The zero-order valence-corrected chi connectivity index (χ0v) is 13.9. The van der Waals surface area contributed by atoms with E-state index >= 15 is 0 Å². The number of para-hydroxylation sites is 1. The van der Waals surface area contributed by atoms with Crippen LogP contribution in [-0.2, 0) is 9.53 Å². The molecule has 1 atom stereocenters. The van der Waals surface area contributed by atoms with Crippen LogP contribution >= 0.6 is 0 Å². The van der Waals surface area contributed by atoms with Crippen LogP contribution in [0, 0.1) is 0 Å². The lowest BCUT2D eigenvalue weighted by molar-refractivity contribution is -0.141. The molecule has 2 aliphatic rings. The van der Waals surface area contributed by atoms with Crippen LogP contribution in [0.2, 0.25) is 0 Å². The van der Waals surface area contributed by atoms with Crippen LogP contribution in [0.5, 0.6) is 5.75 Å². The average molecular weight is 341 g/mol. The van der Waals surface area contributed by atoms with Gasteiger partial charge in [-0.15, -0.1) is 0 Å². The Morgan fingerprint density at radius 3 is 3.00 bits per heavy atom. The molecule has 1 aromatic heterocycles. The molecule has 7 nitrogen and oxygen atoms in total. The molecule has 7 heteroatoms. The lowest BCUT2D eigenvalue weighted by atomic mass is 10.0. The lowest BCUT2D eigenvalue weighted by Gasteiger charge is -2.33. The van der Waals surface area contributed by atoms with Gasteiger partial charge in [-0.05, 0) is 18.6 Å². The summed E-state index contributed by atoms with van der Waals surface area (Å²) in [6.07, 6.45) is 0.698. The fourth-order valence-corrected chi connectivity index (χ4v) is 3.44. The van der Waals surface area contributed by atoms with Gasteiger partial charge >= 0.3 is 0 Å². The van der Waals surface area contributed by atoms with Gasteiger partial charge in [-0.3, -0.25) is 9.59 Å². The number of carbonyl (C=O) groups is 2. The third kappa shape index (κ3) is 2.80. The van der Waals surface area contributed by atoms with E-state index in [1.54, 1.807) is 18.1 Å². The number of rotatable bonds is 2. The van der Waals surface area contributed by atoms with Gasteiger partial charge in [0.1, 0.15) is 23.7 Å². The van der Waals surface area contributed by atoms with E-state index in [-0.39, 0.29) is 18.4 Å². The first-order chi connectivity index (χ1) is 12.1. The Balaban J connectivity index is 1.59. The molecule has 4 rings (SSSR count). The zero-order chi connectivity index (χ0) is 17.4. The molecule has 2 amide bonds. The normalized spacial score (nSPS) is 23.1. The largest absolute Gasteiger partial charge is 0.496 e. The van der Waals surface area contributed by atoms with Crippen molar-refractivity contribution >= 4 is 22.7 Å². The molecule has 1 N–H and O–H groups in total. The van der Waals surface area contributed by atoms with Gasteiger partial charge in [0.2, 0.25) is 5.91 Å². The number of morpholine rings is 1. The van der Waals surface area contributed by atoms with Gasteiger partial charge in [-0.1, -0.05) is 12.1 Å². The van der Waals surface area contributed by atoms with Crippen molar-refractivity contribution in [1.29, 1.82) is 0 Å². The molecule has 1 aromatic carbocycles. The molecule has 0 radical (unpaired) electrons. The maximum Gasteiger partial charge on any atom is 0.272 e. The first-order valence-corrected chi connectivity index (χ1v) is 8.24. The molecule has 1 unspecified atom stereocenters. The number of likely N-dealkylation sites (tertiary alicyclic amines) is 1. The minimum Gasteiger partial charge on any atom is -0.496 e. The van der Waals surface area contributed by atoms with E-state index in [1.165, 1.54) is 0 Å². The minimum absolute atomic E-state index is 0.0457. The smallest absolute Gasteiger partial charge is 0.272 e. The van der Waals surface area contributed by atoms with Crippen molar-refractivity contribution in [3.05, 3.63) is 36.0 Å². The highest BCUT2D eigenvalue weighted by atomic mass is 16.5. The Bertz CT molecular complexity index is 841. The van der Waals surface area contributed by atoms with Crippen molar-refractivity contribution in [3.8, 4) is 5.75 Å². The molecule has 2 aromatic rings. The van der Waals surface area contributed by atoms with Crippen molar-refractivity contribution < 1.29 is 19.1 Å². The molecule has 2 fully saturated rings. The van der Waals surface area contributed by atoms with E-state index < -0.39 is 5.60 Å². The molecule has 0 saturated carbocycles. The van der Waals surface area contributed by atoms with Gasteiger partial charge in [0, 0.05) is 24.5 Å². The molecule has 3 heterocycles. The summed E-state index contributed by atoms with van der Waals surface area (Å²) in [5.74, 6) is 0.363. The second kappa shape index (κ2) is 6.00. The Morgan fingerprint density at radius 2 is 2.24 bits per heavy atom. The third-order valence-electron chi connectivity index (χ3n) is 4.84. The topological polar surface area (TPSA) is 80.8 Å². The maximum atomic E-state index is 12.9.